The Kier molecular flexibility index (Phi) is 5.13. The van der Waals surface area contributed by atoms with Crippen LogP contribution in [0.25, 0.3) is 0 Å². The van der Waals surface area contributed by atoms with Crippen molar-refractivity contribution in [2.75, 3.05) is 20.6 Å². The van der Waals surface area contributed by atoms with Gasteiger partial charge in [0.05, 0.1) is 0 Å². The number of benzene rings is 2. The van der Waals surface area contributed by atoms with Crippen molar-refractivity contribution in [2.45, 2.75) is 37.3 Å². The van der Waals surface area contributed by atoms with Gasteiger partial charge in [-0.2, -0.15) is 0 Å². The molecule has 2 amide bonds. The van der Waals surface area contributed by atoms with Crippen LogP contribution in [0.5, 0.6) is 0 Å². The molecule has 4 rings (SSSR count). The van der Waals surface area contributed by atoms with Gasteiger partial charge in [-0.05, 0) is 74.1 Å². The van der Waals surface area contributed by atoms with E-state index < -0.39 is 11.9 Å². The van der Waals surface area contributed by atoms with Crippen molar-refractivity contribution in [3.05, 3.63) is 69.7 Å². The maximum absolute atomic E-state index is 13.0. The van der Waals surface area contributed by atoms with Gasteiger partial charge >= 0.3 is 0 Å². The number of hydrogen-bond donors (Lipinski definition) is 1. The van der Waals surface area contributed by atoms with Gasteiger partial charge in [-0.3, -0.25) is 9.59 Å². The molecule has 1 saturated carbocycles. The Bertz CT molecular complexity index is 968. The van der Waals surface area contributed by atoms with E-state index in [0.29, 0.717) is 22.7 Å². The molecular formula is C23H26ClN3O2. The van der Waals surface area contributed by atoms with Gasteiger partial charge in [0.25, 0.3) is 5.91 Å². The van der Waals surface area contributed by atoms with Crippen molar-refractivity contribution in [3.8, 4) is 0 Å². The molecule has 0 radical (unpaired) electrons. The van der Waals surface area contributed by atoms with Crippen LogP contribution in [-0.2, 0) is 16.8 Å². The van der Waals surface area contributed by atoms with Crippen LogP contribution in [-0.4, -0.2) is 42.3 Å². The lowest BCUT2D eigenvalue weighted by Gasteiger charge is -2.24. The van der Waals surface area contributed by atoms with Crippen molar-refractivity contribution < 1.29 is 9.59 Å². The topological polar surface area (TPSA) is 66.6 Å². The maximum Gasteiger partial charge on any atom is 0.255 e. The molecule has 5 nitrogen and oxygen atoms in total. The normalized spacial score (nSPS) is 19.5. The second kappa shape index (κ2) is 7.47. The van der Waals surface area contributed by atoms with E-state index in [4.69, 9.17) is 17.3 Å². The average Bonchev–Trinajstić information content (AvgIpc) is 3.42. The van der Waals surface area contributed by atoms with E-state index in [-0.39, 0.29) is 11.3 Å². The number of halogens is 1. The van der Waals surface area contributed by atoms with Crippen LogP contribution in [0.1, 0.15) is 52.4 Å². The van der Waals surface area contributed by atoms with Gasteiger partial charge in [-0.15, -0.1) is 0 Å². The van der Waals surface area contributed by atoms with Crippen molar-refractivity contribution in [1.29, 1.82) is 0 Å². The molecule has 6 heteroatoms. The standard InChI is InChI=1S/C23H26ClN3O2/c1-26(2)11-10-23(8-9-23)16-5-3-4-15(12-16)14-27-20(21(25)28)18-7-6-17(24)13-19(18)22(27)29/h3-7,12-13,20H,8-11,14H2,1-2H3,(H2,25,28). The monoisotopic (exact) mass is 411 g/mol. The van der Waals surface area contributed by atoms with E-state index in [1.54, 1.807) is 23.1 Å². The minimum Gasteiger partial charge on any atom is -0.368 e. The highest BCUT2D eigenvalue weighted by Crippen LogP contribution is 2.51. The van der Waals surface area contributed by atoms with Gasteiger partial charge in [0.15, 0.2) is 0 Å². The zero-order valence-corrected chi connectivity index (χ0v) is 17.6. The number of primary amides is 1. The molecule has 0 bridgehead atoms. The number of carbonyl (C=O) groups excluding carboxylic acids is 2. The molecule has 1 heterocycles. The van der Waals surface area contributed by atoms with Gasteiger partial charge in [-0.1, -0.05) is 41.9 Å². The van der Waals surface area contributed by atoms with Crippen molar-refractivity contribution in [2.24, 2.45) is 5.73 Å². The molecule has 29 heavy (non-hydrogen) atoms. The van der Waals surface area contributed by atoms with E-state index in [2.05, 4.69) is 31.1 Å². The van der Waals surface area contributed by atoms with E-state index in [1.807, 2.05) is 12.1 Å². The molecule has 1 unspecified atom stereocenters. The van der Waals surface area contributed by atoms with Crippen LogP contribution in [0, 0.1) is 0 Å². The summed E-state index contributed by atoms with van der Waals surface area (Å²) in [5.74, 6) is -0.731. The molecule has 0 aromatic heterocycles. The van der Waals surface area contributed by atoms with Crippen molar-refractivity contribution in [3.63, 3.8) is 0 Å². The number of nitrogens with zero attached hydrogens (tertiary/aromatic N) is 2. The number of hydrogen-bond acceptors (Lipinski definition) is 3. The second-order valence-corrected chi connectivity index (χ2v) is 8.94. The van der Waals surface area contributed by atoms with E-state index in [0.717, 1.165) is 18.5 Å². The first-order chi connectivity index (χ1) is 13.8. The quantitative estimate of drug-likeness (QED) is 0.758. The third-order valence-corrected chi connectivity index (χ3v) is 6.40. The predicted octanol–water partition coefficient (Wildman–Crippen LogP) is 3.51. The molecule has 2 aromatic carbocycles. The fourth-order valence-corrected chi connectivity index (χ4v) is 4.50. The Morgan fingerprint density at radius 3 is 2.66 bits per heavy atom. The summed E-state index contributed by atoms with van der Waals surface area (Å²) in [6, 6.07) is 12.7. The zero-order chi connectivity index (χ0) is 20.8. The van der Waals surface area contributed by atoms with Crippen LogP contribution in [0.4, 0.5) is 0 Å². The summed E-state index contributed by atoms with van der Waals surface area (Å²) in [4.78, 5) is 28.9. The summed E-state index contributed by atoms with van der Waals surface area (Å²) >= 11 is 6.06. The zero-order valence-electron chi connectivity index (χ0n) is 16.8. The molecule has 2 aromatic rings. The minimum absolute atomic E-state index is 0.203. The molecule has 152 valence electrons. The smallest absolute Gasteiger partial charge is 0.255 e. The first-order valence-corrected chi connectivity index (χ1v) is 10.3. The van der Waals surface area contributed by atoms with Gasteiger partial charge in [0.2, 0.25) is 5.91 Å². The second-order valence-electron chi connectivity index (χ2n) is 8.50. The molecular weight excluding hydrogens is 386 g/mol. The Labute approximate surface area is 176 Å². The third-order valence-electron chi connectivity index (χ3n) is 6.17. The largest absolute Gasteiger partial charge is 0.368 e. The fraction of sp³-hybridized carbons (Fsp3) is 0.391. The number of rotatable bonds is 7. The van der Waals surface area contributed by atoms with E-state index in [1.165, 1.54) is 18.4 Å². The third kappa shape index (κ3) is 3.77. The lowest BCUT2D eigenvalue weighted by molar-refractivity contribution is -0.122. The molecule has 2 aliphatic rings. The van der Waals surface area contributed by atoms with Crippen LogP contribution in [0.2, 0.25) is 5.02 Å². The van der Waals surface area contributed by atoms with Crippen molar-refractivity contribution >= 4 is 23.4 Å². The van der Waals surface area contributed by atoms with Gasteiger partial charge in [-0.25, -0.2) is 0 Å². The Morgan fingerprint density at radius 1 is 1.24 bits per heavy atom. The molecule has 2 N–H and O–H groups in total. The number of nitrogens with two attached hydrogens (primary N) is 1. The SMILES string of the molecule is CN(C)CCC1(c2cccc(CN3C(=O)c4cc(Cl)ccc4C3C(N)=O)c2)CC1. The molecule has 0 saturated heterocycles. The van der Waals surface area contributed by atoms with Gasteiger partial charge in [0.1, 0.15) is 6.04 Å². The van der Waals surface area contributed by atoms with Crippen LogP contribution >= 0.6 is 11.6 Å². The van der Waals surface area contributed by atoms with Crippen LogP contribution in [0.3, 0.4) is 0 Å². The van der Waals surface area contributed by atoms with Crippen LogP contribution < -0.4 is 5.73 Å². The maximum atomic E-state index is 13.0. The Hall–Kier alpha value is -2.37. The molecule has 1 aliphatic heterocycles. The number of fused-ring (bicyclic) bond motifs is 1. The van der Waals surface area contributed by atoms with Gasteiger partial charge in [0, 0.05) is 17.1 Å². The van der Waals surface area contributed by atoms with Gasteiger partial charge < -0.3 is 15.5 Å². The van der Waals surface area contributed by atoms with Crippen LogP contribution in [0.15, 0.2) is 42.5 Å². The summed E-state index contributed by atoms with van der Waals surface area (Å²) in [7, 11) is 4.19. The first-order valence-electron chi connectivity index (χ1n) is 9.95. The predicted molar refractivity (Wildman–Crippen MR) is 114 cm³/mol. The molecule has 0 spiro atoms. The molecule has 1 fully saturated rings. The van der Waals surface area contributed by atoms with Crippen molar-refractivity contribution in [1.82, 2.24) is 9.80 Å². The van der Waals surface area contributed by atoms with E-state index in [9.17, 15) is 9.59 Å². The Morgan fingerprint density at radius 2 is 2.00 bits per heavy atom. The van der Waals surface area contributed by atoms with E-state index >= 15 is 0 Å². The lowest BCUT2D eigenvalue weighted by atomic mass is 9.91. The highest BCUT2D eigenvalue weighted by Gasteiger charge is 2.44. The summed E-state index contributed by atoms with van der Waals surface area (Å²) in [5, 5.41) is 0.473. The summed E-state index contributed by atoms with van der Waals surface area (Å²) in [5.41, 5.74) is 9.33. The number of carbonyl (C=O) groups is 2. The average molecular weight is 412 g/mol. The fourth-order valence-electron chi connectivity index (χ4n) is 4.33. The summed E-state index contributed by atoms with van der Waals surface area (Å²) in [6.45, 7) is 1.39. The lowest BCUT2D eigenvalue weighted by Crippen LogP contribution is -2.35. The summed E-state index contributed by atoms with van der Waals surface area (Å²) in [6.07, 6.45) is 3.52. The summed E-state index contributed by atoms with van der Waals surface area (Å²) < 4.78 is 0. The Balaban J connectivity index is 1.60. The number of amides is 2. The minimum atomic E-state index is -0.762. The first kappa shape index (κ1) is 19.9. The highest BCUT2D eigenvalue weighted by molar-refractivity contribution is 6.31. The molecule has 1 aliphatic carbocycles. The highest BCUT2D eigenvalue weighted by atomic mass is 35.5. The molecule has 1 atom stereocenters.